The molecule has 0 fully saturated rings. The van der Waals surface area contributed by atoms with Crippen LogP contribution < -0.4 is 16.2 Å². The number of benzene rings is 4. The third-order valence-electron chi connectivity index (χ3n) is 9.22. The molecule has 6 heterocycles. The number of aromatic nitrogens is 8. The van der Waals surface area contributed by atoms with Gasteiger partial charge in [-0.25, -0.2) is 29.9 Å². The fourth-order valence-electron chi connectivity index (χ4n) is 6.43. The first kappa shape index (κ1) is 32.3. The zero-order valence-corrected chi connectivity index (χ0v) is 29.1. The van der Waals surface area contributed by atoms with Crippen molar-refractivity contribution in [1.29, 1.82) is 0 Å². The van der Waals surface area contributed by atoms with Gasteiger partial charge < -0.3 is 25.0 Å². The predicted octanol–water partition coefficient (Wildman–Crippen LogP) is 8.40. The highest BCUT2D eigenvalue weighted by Crippen LogP contribution is 2.28. The zero-order chi connectivity index (χ0) is 36.6. The Balaban J connectivity index is 0.000000143. The topological polar surface area (TPSA) is 147 Å². The third-order valence-corrected chi connectivity index (χ3v) is 9.22. The van der Waals surface area contributed by atoms with Crippen LogP contribution in [-0.2, 0) is 0 Å². The average molecular weight is 705 g/mol. The van der Waals surface area contributed by atoms with Crippen molar-refractivity contribution in [2.75, 3.05) is 18.6 Å². The van der Waals surface area contributed by atoms with Crippen LogP contribution in [0.1, 0.15) is 0 Å². The maximum absolute atomic E-state index is 5.66. The third kappa shape index (κ3) is 6.37. The molecule has 10 aromatic rings. The molecule has 0 amide bonds. The summed E-state index contributed by atoms with van der Waals surface area (Å²) >= 11 is 0. The van der Waals surface area contributed by atoms with Gasteiger partial charge >= 0.3 is 0 Å². The second-order valence-corrected chi connectivity index (χ2v) is 12.7. The fourth-order valence-corrected chi connectivity index (χ4v) is 6.43. The fraction of sp³-hybridized carbons (Fsp3) is 0.0233. The Morgan fingerprint density at radius 2 is 0.926 bits per heavy atom. The lowest BCUT2D eigenvalue weighted by Crippen LogP contribution is -1.94. The number of fused-ring (bicyclic) bond motifs is 4. The van der Waals surface area contributed by atoms with Crippen molar-refractivity contribution in [2.24, 2.45) is 0 Å². The standard InChI is InChI=1S/C22H17N5O.C21H15N5/c1-28-18-6-2-14(3-7-18)20-13-27-12-16(5-9-21(27)25-20)15-4-8-19-17(10-15)11-24-22(23)26-19;22-21-23-11-17-10-15(6-8-18(17)25-21)16-7-9-20-24-19(13-26(20)12-16)14-4-2-1-3-5-14/h2-13H,1H3,(H2,23,24,26);1-13H,(H2,22,23,25). The lowest BCUT2D eigenvalue weighted by Gasteiger charge is -2.05. The molecule has 54 heavy (non-hydrogen) atoms. The predicted molar refractivity (Wildman–Crippen MR) is 214 cm³/mol. The van der Waals surface area contributed by atoms with E-state index in [4.69, 9.17) is 26.2 Å². The molecule has 0 aliphatic carbocycles. The number of nitrogens with two attached hydrogens (primary N) is 2. The smallest absolute Gasteiger partial charge is 0.220 e. The molecule has 0 saturated carbocycles. The van der Waals surface area contributed by atoms with Crippen molar-refractivity contribution in [1.82, 2.24) is 38.7 Å². The number of anilines is 2. The van der Waals surface area contributed by atoms with Crippen molar-refractivity contribution >= 4 is 45.0 Å². The second kappa shape index (κ2) is 13.5. The quantitative estimate of drug-likeness (QED) is 0.180. The van der Waals surface area contributed by atoms with Crippen LogP contribution in [0.5, 0.6) is 5.75 Å². The Kier molecular flexibility index (Phi) is 8.05. The van der Waals surface area contributed by atoms with Gasteiger partial charge in [0.05, 0.1) is 29.5 Å². The second-order valence-electron chi connectivity index (χ2n) is 12.7. The lowest BCUT2D eigenvalue weighted by atomic mass is 10.1. The first-order valence-electron chi connectivity index (χ1n) is 17.2. The molecule has 11 heteroatoms. The first-order valence-corrected chi connectivity index (χ1v) is 17.2. The van der Waals surface area contributed by atoms with E-state index in [2.05, 4.69) is 79.3 Å². The molecule has 260 valence electrons. The van der Waals surface area contributed by atoms with E-state index >= 15 is 0 Å². The monoisotopic (exact) mass is 704 g/mol. The minimum absolute atomic E-state index is 0.283. The number of nitrogens with zero attached hydrogens (tertiary/aromatic N) is 8. The van der Waals surface area contributed by atoms with Crippen LogP contribution >= 0.6 is 0 Å². The van der Waals surface area contributed by atoms with Crippen molar-refractivity contribution < 1.29 is 4.74 Å². The normalized spacial score (nSPS) is 11.2. The van der Waals surface area contributed by atoms with Crippen molar-refractivity contribution in [3.8, 4) is 50.5 Å². The van der Waals surface area contributed by atoms with E-state index in [9.17, 15) is 0 Å². The molecule has 0 bridgehead atoms. The van der Waals surface area contributed by atoms with Crippen LogP contribution in [0.3, 0.4) is 0 Å². The van der Waals surface area contributed by atoms with E-state index in [1.165, 1.54) is 0 Å². The van der Waals surface area contributed by atoms with Crippen molar-refractivity contribution in [2.45, 2.75) is 0 Å². The van der Waals surface area contributed by atoms with Gasteiger partial charge in [-0.1, -0.05) is 42.5 Å². The molecule has 0 aliphatic heterocycles. The van der Waals surface area contributed by atoms with E-state index < -0.39 is 0 Å². The van der Waals surface area contributed by atoms with Gasteiger partial charge in [-0.15, -0.1) is 0 Å². The molecule has 0 saturated heterocycles. The van der Waals surface area contributed by atoms with Crippen LogP contribution in [0.4, 0.5) is 11.9 Å². The van der Waals surface area contributed by atoms with Crippen LogP contribution in [-0.4, -0.2) is 45.8 Å². The number of hydrogen-bond donors (Lipinski definition) is 2. The minimum atomic E-state index is 0.283. The summed E-state index contributed by atoms with van der Waals surface area (Å²) in [6, 6.07) is 38.4. The van der Waals surface area contributed by atoms with Crippen LogP contribution in [0.2, 0.25) is 0 Å². The molecular weight excluding hydrogens is 673 g/mol. The van der Waals surface area contributed by atoms with Gasteiger partial charge in [0, 0.05) is 59.1 Å². The summed E-state index contributed by atoms with van der Waals surface area (Å²) in [4.78, 5) is 26.1. The van der Waals surface area contributed by atoms with Gasteiger partial charge in [0.2, 0.25) is 11.9 Å². The lowest BCUT2D eigenvalue weighted by molar-refractivity contribution is 0.415. The van der Waals surface area contributed by atoms with E-state index in [1.807, 2.05) is 89.5 Å². The molecule has 6 aromatic heterocycles. The highest BCUT2D eigenvalue weighted by atomic mass is 16.5. The van der Waals surface area contributed by atoms with Crippen LogP contribution in [0, 0.1) is 0 Å². The van der Waals surface area contributed by atoms with Crippen molar-refractivity contribution in [3.05, 3.63) is 152 Å². The molecule has 0 spiro atoms. The summed E-state index contributed by atoms with van der Waals surface area (Å²) < 4.78 is 9.32. The Morgan fingerprint density at radius 3 is 1.43 bits per heavy atom. The van der Waals surface area contributed by atoms with Gasteiger partial charge in [0.1, 0.15) is 17.0 Å². The summed E-state index contributed by atoms with van der Waals surface area (Å²) in [5.41, 5.74) is 23.2. The summed E-state index contributed by atoms with van der Waals surface area (Å²) in [5, 5.41) is 1.92. The summed E-state index contributed by atoms with van der Waals surface area (Å²) in [6.45, 7) is 0. The van der Waals surface area contributed by atoms with Gasteiger partial charge in [-0.05, 0) is 95.1 Å². The molecule has 10 rings (SSSR count). The Morgan fingerprint density at radius 1 is 0.463 bits per heavy atom. The highest BCUT2D eigenvalue weighted by Gasteiger charge is 2.09. The largest absolute Gasteiger partial charge is 0.497 e. The number of methoxy groups -OCH3 is 1. The molecule has 4 aromatic carbocycles. The van der Waals surface area contributed by atoms with Crippen LogP contribution in [0.25, 0.3) is 77.9 Å². The molecule has 0 atom stereocenters. The number of pyridine rings is 2. The van der Waals surface area contributed by atoms with Gasteiger partial charge in [-0.3, -0.25) is 0 Å². The number of hydrogen-bond acceptors (Lipinski definition) is 9. The Hall–Kier alpha value is -7.66. The maximum atomic E-state index is 5.66. The Bertz CT molecular complexity index is 2960. The van der Waals surface area contributed by atoms with E-state index in [0.717, 1.165) is 83.6 Å². The zero-order valence-electron chi connectivity index (χ0n) is 29.1. The molecule has 11 nitrogen and oxygen atoms in total. The summed E-state index contributed by atoms with van der Waals surface area (Å²) in [6.07, 6.45) is 11.8. The summed E-state index contributed by atoms with van der Waals surface area (Å²) in [7, 11) is 1.66. The van der Waals surface area contributed by atoms with Crippen molar-refractivity contribution in [3.63, 3.8) is 0 Å². The van der Waals surface area contributed by atoms with Crippen LogP contribution in [0.15, 0.2) is 152 Å². The number of rotatable bonds is 5. The molecule has 0 unspecified atom stereocenters. The first-order chi connectivity index (χ1) is 26.5. The Labute approximate surface area is 309 Å². The van der Waals surface area contributed by atoms with E-state index in [0.29, 0.717) is 5.95 Å². The highest BCUT2D eigenvalue weighted by molar-refractivity contribution is 5.85. The van der Waals surface area contributed by atoms with E-state index in [-0.39, 0.29) is 5.95 Å². The minimum Gasteiger partial charge on any atom is -0.497 e. The number of ether oxygens (including phenoxy) is 1. The van der Waals surface area contributed by atoms with Gasteiger partial charge in [0.25, 0.3) is 0 Å². The van der Waals surface area contributed by atoms with E-state index in [1.54, 1.807) is 19.5 Å². The molecule has 0 radical (unpaired) electrons. The average Bonchev–Trinajstić information content (AvgIpc) is 3.85. The number of nitrogen functional groups attached to an aromatic ring is 2. The van der Waals surface area contributed by atoms with Gasteiger partial charge in [0.15, 0.2) is 0 Å². The van der Waals surface area contributed by atoms with Gasteiger partial charge in [-0.2, -0.15) is 0 Å². The maximum Gasteiger partial charge on any atom is 0.220 e. The number of imidazole rings is 2. The molecule has 4 N–H and O–H groups in total. The SMILES string of the molecule is COc1ccc(-c2cn3cc(-c4ccc5nc(N)ncc5c4)ccc3n2)cc1.Nc1ncc2cc(-c3ccc4nc(-c5ccccc5)cn4c3)ccc2n1. The molecule has 0 aliphatic rings. The summed E-state index contributed by atoms with van der Waals surface area (Å²) in [5.74, 6) is 1.40. The molecular formula is C43H32N10O.